The van der Waals surface area contributed by atoms with Gasteiger partial charge in [0.1, 0.15) is 11.6 Å². The molecule has 1 amide bonds. The van der Waals surface area contributed by atoms with Gasteiger partial charge in [-0.1, -0.05) is 0 Å². The first-order valence-corrected chi connectivity index (χ1v) is 6.33. The van der Waals surface area contributed by atoms with Gasteiger partial charge in [0, 0.05) is 12.5 Å². The molecule has 1 aromatic rings. The second-order valence-corrected chi connectivity index (χ2v) is 4.56. The Labute approximate surface area is 116 Å². The van der Waals surface area contributed by atoms with Crippen molar-refractivity contribution in [2.24, 2.45) is 0 Å². The van der Waals surface area contributed by atoms with E-state index in [0.29, 0.717) is 12.2 Å². The summed E-state index contributed by atoms with van der Waals surface area (Å²) in [5.41, 5.74) is 0. The molecule has 0 fully saturated rings. The van der Waals surface area contributed by atoms with Crippen LogP contribution < -0.4 is 10.1 Å². The van der Waals surface area contributed by atoms with Gasteiger partial charge < -0.3 is 15.2 Å². The highest BCUT2D eigenvalue weighted by Crippen LogP contribution is 2.13. The third-order valence-corrected chi connectivity index (χ3v) is 2.68. The SMILES string of the molecule is CC(CCC(=O)O)NC(=O)C(C)Oc1ccc(F)cc1. The second-order valence-electron chi connectivity index (χ2n) is 4.56. The number of halogens is 1. The van der Waals surface area contributed by atoms with E-state index >= 15 is 0 Å². The Morgan fingerprint density at radius 3 is 2.45 bits per heavy atom. The number of carbonyl (C=O) groups is 2. The molecule has 0 spiro atoms. The number of carboxylic acids is 1. The number of aliphatic carboxylic acids is 1. The molecule has 110 valence electrons. The van der Waals surface area contributed by atoms with E-state index in [0.717, 1.165) is 0 Å². The largest absolute Gasteiger partial charge is 0.481 e. The van der Waals surface area contributed by atoms with Crippen LogP contribution in [0.4, 0.5) is 4.39 Å². The van der Waals surface area contributed by atoms with E-state index in [1.165, 1.54) is 24.3 Å². The zero-order valence-corrected chi connectivity index (χ0v) is 11.4. The molecule has 0 heterocycles. The maximum Gasteiger partial charge on any atom is 0.303 e. The maximum atomic E-state index is 12.7. The summed E-state index contributed by atoms with van der Waals surface area (Å²) in [6, 6.07) is 5.11. The number of ether oxygens (including phenoxy) is 1. The summed E-state index contributed by atoms with van der Waals surface area (Å²) >= 11 is 0. The van der Waals surface area contributed by atoms with Gasteiger partial charge in [0.25, 0.3) is 5.91 Å². The molecule has 0 bridgehead atoms. The van der Waals surface area contributed by atoms with Crippen molar-refractivity contribution in [3.63, 3.8) is 0 Å². The quantitative estimate of drug-likeness (QED) is 0.802. The molecule has 0 aliphatic heterocycles. The van der Waals surface area contributed by atoms with Crippen LogP contribution in [-0.2, 0) is 9.59 Å². The van der Waals surface area contributed by atoms with E-state index in [1.807, 2.05) is 0 Å². The maximum absolute atomic E-state index is 12.7. The fourth-order valence-corrected chi connectivity index (χ4v) is 1.54. The predicted octanol–water partition coefficient (Wildman–Crippen LogP) is 1.96. The van der Waals surface area contributed by atoms with Gasteiger partial charge in [-0.25, -0.2) is 4.39 Å². The highest BCUT2D eigenvalue weighted by molar-refractivity contribution is 5.81. The van der Waals surface area contributed by atoms with E-state index in [9.17, 15) is 14.0 Å². The molecule has 2 unspecified atom stereocenters. The lowest BCUT2D eigenvalue weighted by molar-refractivity contribution is -0.137. The van der Waals surface area contributed by atoms with E-state index in [2.05, 4.69) is 5.32 Å². The smallest absolute Gasteiger partial charge is 0.303 e. The number of hydrogen-bond donors (Lipinski definition) is 2. The predicted molar refractivity (Wildman–Crippen MR) is 71.0 cm³/mol. The number of hydrogen-bond acceptors (Lipinski definition) is 3. The highest BCUT2D eigenvalue weighted by atomic mass is 19.1. The highest BCUT2D eigenvalue weighted by Gasteiger charge is 2.17. The molecular formula is C14H18FNO4. The second kappa shape index (κ2) is 7.47. The Morgan fingerprint density at radius 1 is 1.30 bits per heavy atom. The van der Waals surface area contributed by atoms with E-state index in [4.69, 9.17) is 9.84 Å². The lowest BCUT2D eigenvalue weighted by atomic mass is 10.2. The summed E-state index contributed by atoms with van der Waals surface area (Å²) < 4.78 is 18.1. The van der Waals surface area contributed by atoms with Crippen molar-refractivity contribution in [1.82, 2.24) is 5.32 Å². The molecule has 0 saturated carbocycles. The molecule has 0 saturated heterocycles. The van der Waals surface area contributed by atoms with Gasteiger partial charge in [0.15, 0.2) is 6.10 Å². The minimum atomic E-state index is -0.901. The Morgan fingerprint density at radius 2 is 1.90 bits per heavy atom. The minimum absolute atomic E-state index is 0.00531. The summed E-state index contributed by atoms with van der Waals surface area (Å²) in [6.45, 7) is 3.30. The molecule has 0 aliphatic rings. The first kappa shape index (κ1) is 15.9. The Kier molecular flexibility index (Phi) is 5.96. The van der Waals surface area contributed by atoms with Gasteiger partial charge in [0.05, 0.1) is 0 Å². The third kappa shape index (κ3) is 5.69. The molecule has 1 rings (SSSR count). The van der Waals surface area contributed by atoms with Crippen molar-refractivity contribution in [1.29, 1.82) is 0 Å². The number of benzene rings is 1. The van der Waals surface area contributed by atoms with Gasteiger partial charge in [0.2, 0.25) is 0 Å². The van der Waals surface area contributed by atoms with Gasteiger partial charge in [-0.2, -0.15) is 0 Å². The average molecular weight is 283 g/mol. The molecular weight excluding hydrogens is 265 g/mol. The summed E-state index contributed by atoms with van der Waals surface area (Å²) in [7, 11) is 0. The molecule has 0 aromatic heterocycles. The molecule has 5 nitrogen and oxygen atoms in total. The summed E-state index contributed by atoms with van der Waals surface area (Å²) in [5.74, 6) is -1.22. The monoisotopic (exact) mass is 283 g/mol. The van der Waals surface area contributed by atoms with E-state index in [1.54, 1.807) is 13.8 Å². The van der Waals surface area contributed by atoms with Gasteiger partial charge in [-0.3, -0.25) is 9.59 Å². The third-order valence-electron chi connectivity index (χ3n) is 2.68. The van der Waals surface area contributed by atoms with Gasteiger partial charge in [-0.15, -0.1) is 0 Å². The zero-order valence-electron chi connectivity index (χ0n) is 11.4. The fraction of sp³-hybridized carbons (Fsp3) is 0.429. The van der Waals surface area contributed by atoms with Crippen molar-refractivity contribution in [2.75, 3.05) is 0 Å². The van der Waals surface area contributed by atoms with Crippen LogP contribution in [0.1, 0.15) is 26.7 Å². The lowest BCUT2D eigenvalue weighted by Crippen LogP contribution is -2.41. The number of amides is 1. The first-order valence-electron chi connectivity index (χ1n) is 6.33. The van der Waals surface area contributed by atoms with Crippen LogP contribution in [0.3, 0.4) is 0 Å². The molecule has 0 aliphatic carbocycles. The minimum Gasteiger partial charge on any atom is -0.481 e. The number of carbonyl (C=O) groups excluding carboxylic acids is 1. The van der Waals surface area contributed by atoms with E-state index in [-0.39, 0.29) is 24.2 Å². The first-order chi connectivity index (χ1) is 9.38. The van der Waals surface area contributed by atoms with Crippen molar-refractivity contribution in [2.45, 2.75) is 38.8 Å². The molecule has 20 heavy (non-hydrogen) atoms. The molecule has 2 atom stereocenters. The fourth-order valence-electron chi connectivity index (χ4n) is 1.54. The Balaban J connectivity index is 2.42. The summed E-state index contributed by atoms with van der Waals surface area (Å²) in [5, 5.41) is 11.2. The van der Waals surface area contributed by atoms with Crippen LogP contribution in [0.15, 0.2) is 24.3 Å². The Bertz CT molecular complexity index is 461. The summed E-state index contributed by atoms with van der Waals surface area (Å²) in [4.78, 5) is 22.2. The standard InChI is InChI=1S/C14H18FNO4/c1-9(3-8-13(17)18)16-14(19)10(2)20-12-6-4-11(15)5-7-12/h4-7,9-10H,3,8H2,1-2H3,(H,16,19)(H,17,18). The number of rotatable bonds is 7. The van der Waals surface area contributed by atoms with Crippen LogP contribution in [-0.4, -0.2) is 29.1 Å². The normalized spacial score (nSPS) is 13.3. The average Bonchev–Trinajstić information content (AvgIpc) is 2.39. The van der Waals surface area contributed by atoms with Crippen LogP contribution in [0.25, 0.3) is 0 Å². The molecule has 0 radical (unpaired) electrons. The van der Waals surface area contributed by atoms with Gasteiger partial charge >= 0.3 is 5.97 Å². The summed E-state index contributed by atoms with van der Waals surface area (Å²) in [6.07, 6.45) is -0.397. The number of carboxylic acid groups (broad SMARTS) is 1. The lowest BCUT2D eigenvalue weighted by Gasteiger charge is -2.18. The molecule has 6 heteroatoms. The van der Waals surface area contributed by atoms with Crippen molar-refractivity contribution in [3.05, 3.63) is 30.1 Å². The topological polar surface area (TPSA) is 75.6 Å². The number of nitrogens with one attached hydrogen (secondary N) is 1. The van der Waals surface area contributed by atoms with Crippen LogP contribution in [0.2, 0.25) is 0 Å². The van der Waals surface area contributed by atoms with Crippen LogP contribution in [0, 0.1) is 5.82 Å². The van der Waals surface area contributed by atoms with Crippen LogP contribution >= 0.6 is 0 Å². The van der Waals surface area contributed by atoms with Crippen LogP contribution in [0.5, 0.6) is 5.75 Å². The van der Waals surface area contributed by atoms with Gasteiger partial charge in [-0.05, 0) is 44.5 Å². The van der Waals surface area contributed by atoms with Crippen molar-refractivity contribution < 1.29 is 23.8 Å². The van der Waals surface area contributed by atoms with Crippen molar-refractivity contribution >= 4 is 11.9 Å². The van der Waals surface area contributed by atoms with E-state index < -0.39 is 12.1 Å². The molecule has 1 aromatic carbocycles. The Hall–Kier alpha value is -2.11. The molecule has 2 N–H and O–H groups in total. The van der Waals surface area contributed by atoms with Crippen molar-refractivity contribution in [3.8, 4) is 5.75 Å². The zero-order chi connectivity index (χ0) is 15.1.